The summed E-state index contributed by atoms with van der Waals surface area (Å²) in [5.74, 6) is 1.14. The fourth-order valence-corrected chi connectivity index (χ4v) is 4.04. The quantitative estimate of drug-likeness (QED) is 0.844. The Bertz CT molecular complexity index is 759. The molecule has 27 heavy (non-hydrogen) atoms. The molecule has 1 aromatic carbocycles. The summed E-state index contributed by atoms with van der Waals surface area (Å²) in [6.07, 6.45) is 5.56. The zero-order chi connectivity index (χ0) is 19.4. The van der Waals surface area contributed by atoms with Gasteiger partial charge in [-0.1, -0.05) is 37.3 Å². The maximum absolute atomic E-state index is 12.8. The van der Waals surface area contributed by atoms with E-state index in [1.54, 1.807) is 6.20 Å². The molecule has 0 bridgehead atoms. The summed E-state index contributed by atoms with van der Waals surface area (Å²) in [5.41, 5.74) is -0.0249. The molecule has 0 spiro atoms. The van der Waals surface area contributed by atoms with Crippen LogP contribution in [0.4, 0.5) is 0 Å². The van der Waals surface area contributed by atoms with E-state index >= 15 is 0 Å². The van der Waals surface area contributed by atoms with E-state index in [0.29, 0.717) is 32.5 Å². The van der Waals surface area contributed by atoms with Gasteiger partial charge in [0.05, 0.1) is 6.04 Å². The zero-order valence-corrected chi connectivity index (χ0v) is 16.5. The van der Waals surface area contributed by atoms with Crippen LogP contribution in [0.5, 0.6) is 0 Å². The molecule has 1 N–H and O–H groups in total. The Balaban J connectivity index is 1.68. The molecule has 1 aliphatic heterocycles. The molecule has 3 rings (SSSR count). The molecular weight excluding hydrogens is 340 g/mol. The highest BCUT2D eigenvalue weighted by molar-refractivity contribution is 5.76. The van der Waals surface area contributed by atoms with Crippen LogP contribution in [0.15, 0.2) is 42.7 Å². The van der Waals surface area contributed by atoms with Crippen LogP contribution >= 0.6 is 0 Å². The molecule has 2 heterocycles. The standard InChI is InChI=1S/C21H30N4O2/c1-4-19-22-12-15-24(19)13-10-20(26)25-14-11-21(27,18(16-25)23(2)3)17-8-6-5-7-9-17/h5-9,12,15,18,27H,4,10-11,13-14,16H2,1-3H3/t18-,21+/m1/s1. The summed E-state index contributed by atoms with van der Waals surface area (Å²) in [5, 5.41) is 11.4. The number of carbonyl (C=O) groups is 1. The summed E-state index contributed by atoms with van der Waals surface area (Å²) in [7, 11) is 3.93. The predicted molar refractivity (Wildman–Crippen MR) is 105 cm³/mol. The van der Waals surface area contributed by atoms with Crippen molar-refractivity contribution in [1.82, 2.24) is 19.4 Å². The molecule has 1 saturated heterocycles. The van der Waals surface area contributed by atoms with Gasteiger partial charge >= 0.3 is 0 Å². The number of amides is 1. The summed E-state index contributed by atoms with van der Waals surface area (Å²) in [6, 6.07) is 9.66. The van der Waals surface area contributed by atoms with Crippen LogP contribution < -0.4 is 0 Å². The minimum absolute atomic E-state index is 0.132. The Morgan fingerprint density at radius 1 is 1.33 bits per heavy atom. The Hall–Kier alpha value is -2.18. The molecule has 146 valence electrons. The Morgan fingerprint density at radius 3 is 2.74 bits per heavy atom. The van der Waals surface area contributed by atoms with Crippen LogP contribution in [0, 0.1) is 0 Å². The van der Waals surface area contributed by atoms with E-state index in [1.807, 2.05) is 65.0 Å². The maximum Gasteiger partial charge on any atom is 0.224 e. The second-order valence-electron chi connectivity index (χ2n) is 7.50. The van der Waals surface area contributed by atoms with Crippen LogP contribution in [0.1, 0.15) is 31.2 Å². The van der Waals surface area contributed by atoms with Gasteiger partial charge in [0.15, 0.2) is 0 Å². The Kier molecular flexibility index (Phi) is 5.97. The van der Waals surface area contributed by atoms with Gasteiger partial charge in [-0.3, -0.25) is 4.79 Å². The van der Waals surface area contributed by atoms with Crippen molar-refractivity contribution in [1.29, 1.82) is 0 Å². The van der Waals surface area contributed by atoms with Gasteiger partial charge in [0.2, 0.25) is 5.91 Å². The van der Waals surface area contributed by atoms with Gasteiger partial charge in [-0.05, 0) is 26.1 Å². The number of hydrogen-bond acceptors (Lipinski definition) is 4. The van der Waals surface area contributed by atoms with Gasteiger partial charge in [-0.2, -0.15) is 0 Å². The second-order valence-corrected chi connectivity index (χ2v) is 7.50. The van der Waals surface area contributed by atoms with Gasteiger partial charge in [0.1, 0.15) is 11.4 Å². The molecule has 2 aromatic rings. The van der Waals surface area contributed by atoms with E-state index in [9.17, 15) is 9.90 Å². The number of carbonyl (C=O) groups excluding carboxylic acids is 1. The lowest BCUT2D eigenvalue weighted by atomic mass is 9.79. The molecule has 1 amide bonds. The first-order valence-corrected chi connectivity index (χ1v) is 9.67. The average Bonchev–Trinajstić information content (AvgIpc) is 3.14. The number of aryl methyl sites for hydroxylation is 2. The van der Waals surface area contributed by atoms with Gasteiger partial charge < -0.3 is 19.5 Å². The van der Waals surface area contributed by atoms with E-state index in [-0.39, 0.29) is 11.9 Å². The van der Waals surface area contributed by atoms with E-state index in [4.69, 9.17) is 0 Å². The van der Waals surface area contributed by atoms with Crippen LogP contribution in [0.25, 0.3) is 0 Å². The Morgan fingerprint density at radius 2 is 2.07 bits per heavy atom. The minimum Gasteiger partial charge on any atom is -0.383 e. The summed E-state index contributed by atoms with van der Waals surface area (Å²) >= 11 is 0. The van der Waals surface area contributed by atoms with Crippen molar-refractivity contribution in [3.63, 3.8) is 0 Å². The summed E-state index contributed by atoms with van der Waals surface area (Å²) < 4.78 is 2.05. The van der Waals surface area contributed by atoms with Crippen molar-refractivity contribution in [2.24, 2.45) is 0 Å². The molecule has 0 aliphatic carbocycles. The van der Waals surface area contributed by atoms with Crippen LogP contribution in [0.3, 0.4) is 0 Å². The van der Waals surface area contributed by atoms with Gasteiger partial charge in [-0.15, -0.1) is 0 Å². The molecule has 6 heteroatoms. The molecule has 1 aromatic heterocycles. The lowest BCUT2D eigenvalue weighted by molar-refractivity contribution is -0.142. The third-order valence-electron chi connectivity index (χ3n) is 5.64. The first kappa shape index (κ1) is 19.6. The van der Waals surface area contributed by atoms with Gasteiger partial charge in [-0.25, -0.2) is 4.98 Å². The number of aromatic nitrogens is 2. The average molecular weight is 370 g/mol. The van der Waals surface area contributed by atoms with Crippen LogP contribution in [-0.2, 0) is 23.4 Å². The highest BCUT2D eigenvalue weighted by atomic mass is 16.3. The van der Waals surface area contributed by atoms with Crippen LogP contribution in [-0.4, -0.2) is 63.6 Å². The van der Waals surface area contributed by atoms with Gasteiger partial charge in [0.25, 0.3) is 0 Å². The first-order chi connectivity index (χ1) is 13.0. The largest absolute Gasteiger partial charge is 0.383 e. The third-order valence-corrected chi connectivity index (χ3v) is 5.64. The number of benzene rings is 1. The lowest BCUT2D eigenvalue weighted by Crippen LogP contribution is -2.60. The fraction of sp³-hybridized carbons (Fsp3) is 0.524. The van der Waals surface area contributed by atoms with E-state index < -0.39 is 5.60 Å². The van der Waals surface area contributed by atoms with Crippen molar-refractivity contribution in [3.8, 4) is 0 Å². The number of imidazole rings is 1. The second kappa shape index (κ2) is 8.23. The van der Waals surface area contributed by atoms with Crippen molar-refractivity contribution in [3.05, 3.63) is 54.1 Å². The number of nitrogens with zero attached hydrogens (tertiary/aromatic N) is 4. The monoisotopic (exact) mass is 370 g/mol. The highest BCUT2D eigenvalue weighted by Crippen LogP contribution is 2.35. The molecule has 0 unspecified atom stereocenters. The summed E-state index contributed by atoms with van der Waals surface area (Å²) in [4.78, 5) is 21.0. The molecule has 1 aliphatic rings. The predicted octanol–water partition coefficient (Wildman–Crippen LogP) is 1.89. The van der Waals surface area contributed by atoms with E-state index in [2.05, 4.69) is 11.9 Å². The number of likely N-dealkylation sites (N-methyl/N-ethyl adjacent to an activating group) is 1. The van der Waals surface area contributed by atoms with Crippen molar-refractivity contribution in [2.75, 3.05) is 27.2 Å². The number of hydrogen-bond donors (Lipinski definition) is 1. The molecule has 1 fully saturated rings. The lowest BCUT2D eigenvalue weighted by Gasteiger charge is -2.47. The summed E-state index contributed by atoms with van der Waals surface area (Å²) in [6.45, 7) is 3.81. The highest BCUT2D eigenvalue weighted by Gasteiger charge is 2.44. The zero-order valence-electron chi connectivity index (χ0n) is 16.5. The van der Waals surface area contributed by atoms with E-state index in [0.717, 1.165) is 17.8 Å². The van der Waals surface area contributed by atoms with Gasteiger partial charge in [0, 0.05) is 44.9 Å². The number of rotatable bonds is 6. The molecule has 6 nitrogen and oxygen atoms in total. The number of aliphatic hydroxyl groups is 1. The molecule has 2 atom stereocenters. The minimum atomic E-state index is -0.943. The normalized spacial score (nSPS) is 23.0. The van der Waals surface area contributed by atoms with Crippen LogP contribution in [0.2, 0.25) is 0 Å². The first-order valence-electron chi connectivity index (χ1n) is 9.67. The molecule has 0 saturated carbocycles. The number of likely N-dealkylation sites (tertiary alicyclic amines) is 1. The number of piperidine rings is 1. The fourth-order valence-electron chi connectivity index (χ4n) is 4.04. The SMILES string of the molecule is CCc1nccn1CCC(=O)N1CC[C@](O)(c2ccccc2)[C@H](N(C)C)C1. The van der Waals surface area contributed by atoms with E-state index in [1.165, 1.54) is 0 Å². The smallest absolute Gasteiger partial charge is 0.224 e. The third kappa shape index (κ3) is 4.06. The topological polar surface area (TPSA) is 61.6 Å². The molecule has 0 radical (unpaired) electrons. The maximum atomic E-state index is 12.8. The molecular formula is C21H30N4O2. The van der Waals surface area contributed by atoms with Crippen molar-refractivity contribution in [2.45, 2.75) is 44.4 Å². The van der Waals surface area contributed by atoms with Crippen molar-refractivity contribution < 1.29 is 9.90 Å². The Labute approximate surface area is 161 Å². The van der Waals surface area contributed by atoms with Crippen molar-refractivity contribution >= 4 is 5.91 Å².